The van der Waals surface area contributed by atoms with E-state index in [0.717, 1.165) is 17.0 Å². The van der Waals surface area contributed by atoms with Crippen LogP contribution >= 0.6 is 0 Å². The number of methoxy groups -OCH3 is 1. The Balaban J connectivity index is 1.71. The van der Waals surface area contributed by atoms with Crippen molar-refractivity contribution in [3.63, 3.8) is 0 Å². The molecule has 3 rings (SSSR count). The van der Waals surface area contributed by atoms with Gasteiger partial charge < -0.3 is 10.1 Å². The Kier molecular flexibility index (Phi) is 5.09. The molecule has 0 bridgehead atoms. The molecule has 0 radical (unpaired) electrons. The van der Waals surface area contributed by atoms with Crippen molar-refractivity contribution >= 4 is 27.2 Å². The van der Waals surface area contributed by atoms with E-state index in [1.54, 1.807) is 37.4 Å². The molecule has 0 aliphatic heterocycles. The Hall–Kier alpha value is -3.06. The quantitative estimate of drug-likeness (QED) is 0.688. The van der Waals surface area contributed by atoms with Crippen molar-refractivity contribution in [3.05, 3.63) is 72.4 Å². The van der Waals surface area contributed by atoms with Crippen LogP contribution in [0.2, 0.25) is 0 Å². The highest BCUT2D eigenvalue weighted by Crippen LogP contribution is 2.21. The number of benzene rings is 2. The number of hydrogen-bond acceptors (Lipinski definition) is 5. The molecule has 0 aliphatic carbocycles. The fourth-order valence-corrected chi connectivity index (χ4v) is 3.49. The number of rotatable bonds is 6. The molecule has 0 atom stereocenters. The third-order valence-corrected chi connectivity index (χ3v) is 5.06. The van der Waals surface area contributed by atoms with Crippen LogP contribution in [0.15, 0.2) is 71.8 Å². The molecule has 3 aromatic rings. The first-order chi connectivity index (χ1) is 12.5. The van der Waals surface area contributed by atoms with Crippen molar-refractivity contribution in [1.29, 1.82) is 0 Å². The molecular formula is C19H19N3O3S. The molecule has 0 amide bonds. The molecule has 0 aliphatic rings. The molecule has 7 heteroatoms. The van der Waals surface area contributed by atoms with E-state index >= 15 is 0 Å². The van der Waals surface area contributed by atoms with E-state index in [-0.39, 0.29) is 4.90 Å². The van der Waals surface area contributed by atoms with Crippen LogP contribution in [-0.2, 0) is 10.0 Å². The molecule has 0 saturated carbocycles. The zero-order chi connectivity index (χ0) is 18.6. The van der Waals surface area contributed by atoms with Gasteiger partial charge in [0.2, 0.25) is 0 Å². The number of sulfonamides is 1. The topological polar surface area (TPSA) is 80.3 Å². The third-order valence-electron chi connectivity index (χ3n) is 3.68. The normalized spacial score (nSPS) is 11.0. The van der Waals surface area contributed by atoms with Gasteiger partial charge in [-0.15, -0.1) is 0 Å². The molecule has 0 unspecified atom stereocenters. The van der Waals surface area contributed by atoms with Gasteiger partial charge in [0.25, 0.3) is 10.0 Å². The van der Waals surface area contributed by atoms with Crippen molar-refractivity contribution in [2.24, 2.45) is 0 Å². The van der Waals surface area contributed by atoms with Gasteiger partial charge in [-0.2, -0.15) is 0 Å². The molecule has 134 valence electrons. The number of nitrogens with zero attached hydrogens (tertiary/aromatic N) is 1. The number of pyridine rings is 1. The number of aryl methyl sites for hydroxylation is 1. The molecule has 0 spiro atoms. The lowest BCUT2D eigenvalue weighted by Gasteiger charge is -2.10. The maximum Gasteiger partial charge on any atom is 0.261 e. The van der Waals surface area contributed by atoms with Crippen molar-refractivity contribution in [3.8, 4) is 5.75 Å². The van der Waals surface area contributed by atoms with Crippen LogP contribution in [0.4, 0.5) is 17.2 Å². The summed E-state index contributed by atoms with van der Waals surface area (Å²) in [6.07, 6.45) is 1.47. The summed E-state index contributed by atoms with van der Waals surface area (Å²) in [4.78, 5) is 4.46. The van der Waals surface area contributed by atoms with E-state index in [1.807, 2.05) is 37.3 Å². The average Bonchev–Trinajstić information content (AvgIpc) is 2.64. The highest BCUT2D eigenvalue weighted by Gasteiger charge is 2.14. The van der Waals surface area contributed by atoms with E-state index in [2.05, 4.69) is 15.0 Å². The van der Waals surface area contributed by atoms with Gasteiger partial charge in [-0.1, -0.05) is 12.1 Å². The van der Waals surface area contributed by atoms with Gasteiger partial charge in [-0.05, 0) is 61.0 Å². The highest BCUT2D eigenvalue weighted by molar-refractivity contribution is 7.92. The molecule has 0 saturated heterocycles. The summed E-state index contributed by atoms with van der Waals surface area (Å²) in [5, 5.41) is 3.14. The Morgan fingerprint density at radius 1 is 0.962 bits per heavy atom. The molecule has 2 aromatic carbocycles. The van der Waals surface area contributed by atoms with Gasteiger partial charge >= 0.3 is 0 Å². The minimum Gasteiger partial charge on any atom is -0.497 e. The van der Waals surface area contributed by atoms with E-state index < -0.39 is 10.0 Å². The summed E-state index contributed by atoms with van der Waals surface area (Å²) in [5.74, 6) is 1.37. The van der Waals surface area contributed by atoms with Gasteiger partial charge in [-0.3, -0.25) is 4.72 Å². The maximum absolute atomic E-state index is 12.4. The molecular weight excluding hydrogens is 350 g/mol. The number of anilines is 3. The predicted octanol–water partition coefficient (Wildman–Crippen LogP) is 3.94. The fraction of sp³-hybridized carbons (Fsp3) is 0.105. The van der Waals surface area contributed by atoms with E-state index in [4.69, 9.17) is 4.74 Å². The van der Waals surface area contributed by atoms with Crippen LogP contribution in [0.1, 0.15) is 5.56 Å². The highest BCUT2D eigenvalue weighted by atomic mass is 32.2. The Morgan fingerprint density at radius 2 is 1.69 bits per heavy atom. The second-order valence-corrected chi connectivity index (χ2v) is 7.39. The monoisotopic (exact) mass is 369 g/mol. The molecule has 26 heavy (non-hydrogen) atoms. The molecule has 0 fully saturated rings. The lowest BCUT2D eigenvalue weighted by atomic mass is 10.2. The van der Waals surface area contributed by atoms with Crippen LogP contribution in [0, 0.1) is 6.92 Å². The summed E-state index contributed by atoms with van der Waals surface area (Å²) in [5.41, 5.74) is 2.13. The largest absolute Gasteiger partial charge is 0.497 e. The lowest BCUT2D eigenvalue weighted by molar-refractivity contribution is 0.415. The van der Waals surface area contributed by atoms with Crippen molar-refractivity contribution < 1.29 is 13.2 Å². The second kappa shape index (κ2) is 7.45. The van der Waals surface area contributed by atoms with Gasteiger partial charge in [0.15, 0.2) is 0 Å². The summed E-state index contributed by atoms with van der Waals surface area (Å²) >= 11 is 0. The zero-order valence-corrected chi connectivity index (χ0v) is 15.2. The average molecular weight is 369 g/mol. The predicted molar refractivity (Wildman–Crippen MR) is 103 cm³/mol. The first kappa shape index (κ1) is 17.8. The standard InChI is InChI=1S/C19H19N3O3S/c1-14-4-3-5-18(12-14)26(23,24)22-16-8-11-19(20-13-16)21-15-6-9-17(25-2)10-7-15/h3-13,22H,1-2H3,(H,20,21). The van der Waals surface area contributed by atoms with Crippen LogP contribution in [0.3, 0.4) is 0 Å². The van der Waals surface area contributed by atoms with Crippen LogP contribution < -0.4 is 14.8 Å². The van der Waals surface area contributed by atoms with Crippen molar-refractivity contribution in [1.82, 2.24) is 4.98 Å². The molecule has 1 aromatic heterocycles. The summed E-state index contributed by atoms with van der Waals surface area (Å²) in [7, 11) is -2.03. The van der Waals surface area contributed by atoms with E-state index in [9.17, 15) is 8.42 Å². The van der Waals surface area contributed by atoms with Crippen LogP contribution in [0.5, 0.6) is 5.75 Å². The number of hydrogen-bond donors (Lipinski definition) is 2. The van der Waals surface area contributed by atoms with Gasteiger partial charge in [0.1, 0.15) is 11.6 Å². The number of aromatic nitrogens is 1. The van der Waals surface area contributed by atoms with Crippen LogP contribution in [0.25, 0.3) is 0 Å². The second-order valence-electron chi connectivity index (χ2n) is 5.71. The first-order valence-electron chi connectivity index (χ1n) is 7.93. The Bertz CT molecular complexity index is 985. The fourth-order valence-electron chi connectivity index (χ4n) is 2.35. The Morgan fingerprint density at radius 3 is 2.31 bits per heavy atom. The molecule has 2 N–H and O–H groups in total. The minimum absolute atomic E-state index is 0.220. The molecule has 6 nitrogen and oxygen atoms in total. The van der Waals surface area contributed by atoms with Gasteiger partial charge in [0.05, 0.1) is 23.9 Å². The lowest BCUT2D eigenvalue weighted by Crippen LogP contribution is -2.13. The number of nitrogens with one attached hydrogen (secondary N) is 2. The van der Waals surface area contributed by atoms with E-state index in [0.29, 0.717) is 11.5 Å². The number of ether oxygens (including phenoxy) is 1. The molecule has 1 heterocycles. The third kappa shape index (κ3) is 4.31. The summed E-state index contributed by atoms with van der Waals surface area (Å²) in [6.45, 7) is 1.85. The summed E-state index contributed by atoms with van der Waals surface area (Å²) < 4.78 is 32.5. The van der Waals surface area contributed by atoms with Crippen molar-refractivity contribution in [2.45, 2.75) is 11.8 Å². The maximum atomic E-state index is 12.4. The minimum atomic E-state index is -3.64. The first-order valence-corrected chi connectivity index (χ1v) is 9.41. The smallest absolute Gasteiger partial charge is 0.261 e. The van der Waals surface area contributed by atoms with Gasteiger partial charge in [-0.25, -0.2) is 13.4 Å². The zero-order valence-electron chi connectivity index (χ0n) is 14.4. The van der Waals surface area contributed by atoms with Gasteiger partial charge in [0, 0.05) is 5.69 Å². The van der Waals surface area contributed by atoms with Crippen LogP contribution in [-0.4, -0.2) is 20.5 Å². The SMILES string of the molecule is COc1ccc(Nc2ccc(NS(=O)(=O)c3cccc(C)c3)cn2)cc1. The summed E-state index contributed by atoms with van der Waals surface area (Å²) in [6, 6.07) is 17.5. The Labute approximate surface area is 152 Å². The van der Waals surface area contributed by atoms with Crippen molar-refractivity contribution in [2.75, 3.05) is 17.1 Å². The van der Waals surface area contributed by atoms with E-state index in [1.165, 1.54) is 6.20 Å².